The predicted molar refractivity (Wildman–Crippen MR) is 67.3 cm³/mol. The van der Waals surface area contributed by atoms with Gasteiger partial charge in [0.15, 0.2) is 0 Å². The maximum Gasteiger partial charge on any atom is 0.272 e. The van der Waals surface area contributed by atoms with Crippen molar-refractivity contribution in [3.63, 3.8) is 0 Å². The molecule has 0 bridgehead atoms. The highest BCUT2D eigenvalue weighted by molar-refractivity contribution is 6.18. The highest BCUT2D eigenvalue weighted by atomic mass is 35.5. The Morgan fingerprint density at radius 2 is 2.18 bits per heavy atom. The van der Waals surface area contributed by atoms with Crippen molar-refractivity contribution in [1.29, 1.82) is 0 Å². The molecule has 94 valence electrons. The number of carbonyl (C=O) groups is 1. The fourth-order valence-electron chi connectivity index (χ4n) is 2.26. The minimum atomic E-state index is 0.0844. The molecule has 1 aliphatic heterocycles. The zero-order valence-electron chi connectivity index (χ0n) is 10.3. The molecule has 0 aromatic carbocycles. The highest BCUT2D eigenvalue weighted by Crippen LogP contribution is 2.20. The number of piperidine rings is 1. The van der Waals surface area contributed by atoms with Crippen LogP contribution in [0.15, 0.2) is 6.07 Å². The second kappa shape index (κ2) is 5.08. The zero-order chi connectivity index (χ0) is 12.4. The minimum absolute atomic E-state index is 0.0844. The molecule has 1 fully saturated rings. The number of aromatic nitrogens is 2. The van der Waals surface area contributed by atoms with Crippen LogP contribution < -0.4 is 0 Å². The molecule has 5 heteroatoms. The molecule has 0 spiro atoms. The van der Waals surface area contributed by atoms with Gasteiger partial charge in [-0.15, -0.1) is 11.6 Å². The van der Waals surface area contributed by atoms with Gasteiger partial charge in [0.1, 0.15) is 5.69 Å². The number of alkyl halides is 1. The molecule has 0 saturated carbocycles. The van der Waals surface area contributed by atoms with Crippen LogP contribution in [0.1, 0.15) is 29.0 Å². The average molecular weight is 256 g/mol. The van der Waals surface area contributed by atoms with Gasteiger partial charge in [-0.3, -0.25) is 9.48 Å². The zero-order valence-corrected chi connectivity index (χ0v) is 11.1. The monoisotopic (exact) mass is 255 g/mol. The van der Waals surface area contributed by atoms with Gasteiger partial charge in [0.05, 0.1) is 5.69 Å². The Morgan fingerprint density at radius 1 is 1.53 bits per heavy atom. The second-order valence-electron chi connectivity index (χ2n) is 4.68. The molecule has 2 heterocycles. The molecule has 0 atom stereocenters. The SMILES string of the molecule is Cc1cc(C(=O)N2CCC(CCl)CC2)n(C)n1. The van der Waals surface area contributed by atoms with Gasteiger partial charge in [-0.25, -0.2) is 0 Å². The number of carbonyl (C=O) groups excluding carboxylic acids is 1. The third-order valence-electron chi connectivity index (χ3n) is 3.34. The van der Waals surface area contributed by atoms with Crippen LogP contribution in [0.2, 0.25) is 0 Å². The molecular formula is C12H18ClN3O. The molecule has 17 heavy (non-hydrogen) atoms. The lowest BCUT2D eigenvalue weighted by atomic mass is 9.99. The average Bonchev–Trinajstić information content (AvgIpc) is 2.68. The number of rotatable bonds is 2. The van der Waals surface area contributed by atoms with Gasteiger partial charge in [0, 0.05) is 26.0 Å². The number of hydrogen-bond acceptors (Lipinski definition) is 2. The Bertz CT molecular complexity index is 408. The summed E-state index contributed by atoms with van der Waals surface area (Å²) in [6.07, 6.45) is 2.01. The third kappa shape index (κ3) is 2.63. The van der Waals surface area contributed by atoms with Crippen molar-refractivity contribution < 1.29 is 4.79 Å². The van der Waals surface area contributed by atoms with Gasteiger partial charge in [0.25, 0.3) is 5.91 Å². The summed E-state index contributed by atoms with van der Waals surface area (Å²) in [6.45, 7) is 3.51. The Labute approximate surface area is 107 Å². The number of amides is 1. The van der Waals surface area contributed by atoms with Crippen LogP contribution in [0, 0.1) is 12.8 Å². The van der Waals surface area contributed by atoms with Crippen molar-refractivity contribution >= 4 is 17.5 Å². The standard InChI is InChI=1S/C12H18ClN3O/c1-9-7-11(15(2)14-9)12(17)16-5-3-10(8-13)4-6-16/h7,10H,3-6,8H2,1-2H3. The molecule has 0 radical (unpaired) electrons. The van der Waals surface area contributed by atoms with E-state index in [-0.39, 0.29) is 5.91 Å². The van der Waals surface area contributed by atoms with E-state index in [0.29, 0.717) is 17.5 Å². The fraction of sp³-hybridized carbons (Fsp3) is 0.667. The van der Waals surface area contributed by atoms with Crippen LogP contribution in [-0.2, 0) is 7.05 Å². The Hall–Kier alpha value is -1.03. The first-order valence-corrected chi connectivity index (χ1v) is 6.51. The van der Waals surface area contributed by atoms with Crippen LogP contribution in [-0.4, -0.2) is 39.6 Å². The van der Waals surface area contributed by atoms with Crippen molar-refractivity contribution in [2.75, 3.05) is 19.0 Å². The molecule has 1 aromatic heterocycles. The maximum atomic E-state index is 12.3. The molecule has 1 aliphatic rings. The van der Waals surface area contributed by atoms with Crippen LogP contribution in [0.25, 0.3) is 0 Å². The Morgan fingerprint density at radius 3 is 2.65 bits per heavy atom. The third-order valence-corrected chi connectivity index (χ3v) is 3.78. The Balaban J connectivity index is 2.04. The van der Waals surface area contributed by atoms with E-state index in [1.54, 1.807) is 4.68 Å². The molecule has 1 amide bonds. The van der Waals surface area contributed by atoms with E-state index in [0.717, 1.165) is 31.6 Å². The number of nitrogens with zero attached hydrogens (tertiary/aromatic N) is 3. The largest absolute Gasteiger partial charge is 0.337 e. The first kappa shape index (κ1) is 12.4. The van der Waals surface area contributed by atoms with E-state index in [2.05, 4.69) is 5.10 Å². The number of hydrogen-bond donors (Lipinski definition) is 0. The predicted octanol–water partition coefficient (Wildman–Crippen LogP) is 1.82. The maximum absolute atomic E-state index is 12.3. The van der Waals surface area contributed by atoms with Crippen molar-refractivity contribution in [2.45, 2.75) is 19.8 Å². The minimum Gasteiger partial charge on any atom is -0.337 e. The van der Waals surface area contributed by atoms with E-state index in [9.17, 15) is 4.79 Å². The van der Waals surface area contributed by atoms with Gasteiger partial charge >= 0.3 is 0 Å². The lowest BCUT2D eigenvalue weighted by Crippen LogP contribution is -2.39. The quantitative estimate of drug-likeness (QED) is 0.756. The summed E-state index contributed by atoms with van der Waals surface area (Å²) in [4.78, 5) is 14.2. The first-order chi connectivity index (χ1) is 8.11. The molecular weight excluding hydrogens is 238 g/mol. The van der Waals surface area contributed by atoms with E-state index in [1.807, 2.05) is 24.9 Å². The summed E-state index contributed by atoms with van der Waals surface area (Å²) in [5, 5.41) is 4.21. The molecule has 1 aromatic rings. The second-order valence-corrected chi connectivity index (χ2v) is 4.99. The molecule has 4 nitrogen and oxygen atoms in total. The number of aryl methyl sites for hydroxylation is 2. The molecule has 2 rings (SSSR count). The summed E-state index contributed by atoms with van der Waals surface area (Å²) < 4.78 is 1.66. The summed E-state index contributed by atoms with van der Waals surface area (Å²) in [7, 11) is 1.81. The van der Waals surface area contributed by atoms with Crippen molar-refractivity contribution in [3.05, 3.63) is 17.5 Å². The van der Waals surface area contributed by atoms with Crippen LogP contribution >= 0.6 is 11.6 Å². The molecule has 0 aliphatic carbocycles. The molecule has 1 saturated heterocycles. The number of halogens is 1. The van der Waals surface area contributed by atoms with Crippen molar-refractivity contribution in [3.8, 4) is 0 Å². The first-order valence-electron chi connectivity index (χ1n) is 5.97. The smallest absolute Gasteiger partial charge is 0.272 e. The number of likely N-dealkylation sites (tertiary alicyclic amines) is 1. The van der Waals surface area contributed by atoms with Gasteiger partial charge in [-0.05, 0) is 31.7 Å². The van der Waals surface area contributed by atoms with Crippen LogP contribution in [0.5, 0.6) is 0 Å². The van der Waals surface area contributed by atoms with Gasteiger partial charge in [-0.1, -0.05) is 0 Å². The van der Waals surface area contributed by atoms with E-state index >= 15 is 0 Å². The van der Waals surface area contributed by atoms with Gasteiger partial charge in [-0.2, -0.15) is 5.10 Å². The molecule has 0 unspecified atom stereocenters. The molecule has 0 N–H and O–H groups in total. The summed E-state index contributed by atoms with van der Waals surface area (Å²) in [5.74, 6) is 1.35. The van der Waals surface area contributed by atoms with Gasteiger partial charge < -0.3 is 4.90 Å². The van der Waals surface area contributed by atoms with Crippen LogP contribution in [0.4, 0.5) is 0 Å². The van der Waals surface area contributed by atoms with E-state index < -0.39 is 0 Å². The lowest BCUT2D eigenvalue weighted by molar-refractivity contribution is 0.0687. The summed E-state index contributed by atoms with van der Waals surface area (Å²) in [5.41, 5.74) is 1.55. The van der Waals surface area contributed by atoms with Crippen molar-refractivity contribution in [1.82, 2.24) is 14.7 Å². The highest BCUT2D eigenvalue weighted by Gasteiger charge is 2.24. The summed E-state index contributed by atoms with van der Waals surface area (Å²) in [6, 6.07) is 1.84. The normalized spacial score (nSPS) is 17.5. The van der Waals surface area contributed by atoms with E-state index in [1.165, 1.54) is 0 Å². The van der Waals surface area contributed by atoms with E-state index in [4.69, 9.17) is 11.6 Å². The van der Waals surface area contributed by atoms with Crippen molar-refractivity contribution in [2.24, 2.45) is 13.0 Å². The lowest BCUT2D eigenvalue weighted by Gasteiger charge is -2.30. The Kier molecular flexibility index (Phi) is 3.72. The van der Waals surface area contributed by atoms with Crippen LogP contribution in [0.3, 0.4) is 0 Å². The summed E-state index contributed by atoms with van der Waals surface area (Å²) >= 11 is 5.84. The topological polar surface area (TPSA) is 38.1 Å². The fourth-order valence-corrected chi connectivity index (χ4v) is 2.57. The van der Waals surface area contributed by atoms with Gasteiger partial charge in [0.2, 0.25) is 0 Å².